The molecule has 0 aliphatic heterocycles. The first kappa shape index (κ1) is 22.5. The Morgan fingerprint density at radius 3 is 2.21 bits per heavy atom. The molecule has 0 aliphatic carbocycles. The van der Waals surface area contributed by atoms with Gasteiger partial charge in [-0.05, 0) is 70.8 Å². The molecule has 5 rings (SSSR count). The van der Waals surface area contributed by atoms with Gasteiger partial charge < -0.3 is 14.9 Å². The normalized spacial score (nSPS) is 13.2. The number of hydrogen-bond donors (Lipinski definition) is 1. The highest BCUT2D eigenvalue weighted by molar-refractivity contribution is 6.31. The molecular weight excluding hydrogens is 465 g/mol. The maximum atomic E-state index is 12.8. The summed E-state index contributed by atoms with van der Waals surface area (Å²) in [6, 6.07) is 26.8. The third kappa shape index (κ3) is 3.64. The van der Waals surface area contributed by atoms with Gasteiger partial charge in [0.25, 0.3) is 5.56 Å². The SMILES string of the molecule is Cn1cccc1C(N)(c1ccc(Cl)cc1)c1ccc2c(c1)c(-c1cccc(Cl)c1)cc(=O)n2C. The van der Waals surface area contributed by atoms with Crippen LogP contribution >= 0.6 is 23.2 Å². The van der Waals surface area contributed by atoms with Gasteiger partial charge in [0.15, 0.2) is 0 Å². The van der Waals surface area contributed by atoms with E-state index in [2.05, 4.69) is 6.07 Å². The van der Waals surface area contributed by atoms with Crippen LogP contribution in [0.2, 0.25) is 10.0 Å². The summed E-state index contributed by atoms with van der Waals surface area (Å²) in [4.78, 5) is 12.8. The average molecular weight is 488 g/mol. The molecule has 170 valence electrons. The number of aromatic nitrogens is 2. The van der Waals surface area contributed by atoms with Crippen LogP contribution in [0.25, 0.3) is 22.0 Å². The van der Waals surface area contributed by atoms with E-state index < -0.39 is 5.54 Å². The molecule has 0 bridgehead atoms. The van der Waals surface area contributed by atoms with E-state index >= 15 is 0 Å². The summed E-state index contributed by atoms with van der Waals surface area (Å²) in [5.41, 5.74) is 11.5. The zero-order chi connectivity index (χ0) is 24.0. The molecular formula is C28H23Cl2N3O. The van der Waals surface area contributed by atoms with E-state index in [1.165, 1.54) is 0 Å². The van der Waals surface area contributed by atoms with Crippen molar-refractivity contribution in [1.29, 1.82) is 0 Å². The van der Waals surface area contributed by atoms with Crippen molar-refractivity contribution in [1.82, 2.24) is 9.13 Å². The van der Waals surface area contributed by atoms with Gasteiger partial charge in [0.1, 0.15) is 5.54 Å². The highest BCUT2D eigenvalue weighted by atomic mass is 35.5. The number of rotatable bonds is 4. The molecule has 0 spiro atoms. The fraction of sp³-hybridized carbons (Fsp3) is 0.107. The lowest BCUT2D eigenvalue weighted by atomic mass is 9.80. The third-order valence-electron chi connectivity index (χ3n) is 6.48. The Balaban J connectivity index is 1.84. The monoisotopic (exact) mass is 487 g/mol. The molecule has 2 aromatic heterocycles. The van der Waals surface area contributed by atoms with Gasteiger partial charge in [0.05, 0.1) is 5.52 Å². The van der Waals surface area contributed by atoms with Crippen LogP contribution in [0.3, 0.4) is 0 Å². The second-order valence-corrected chi connectivity index (χ2v) is 9.39. The Morgan fingerprint density at radius 2 is 1.53 bits per heavy atom. The fourth-order valence-corrected chi connectivity index (χ4v) is 4.96. The van der Waals surface area contributed by atoms with Gasteiger partial charge in [-0.1, -0.05) is 53.5 Å². The molecule has 0 saturated heterocycles. The van der Waals surface area contributed by atoms with Gasteiger partial charge in [-0.25, -0.2) is 0 Å². The zero-order valence-electron chi connectivity index (χ0n) is 18.8. The van der Waals surface area contributed by atoms with Crippen molar-refractivity contribution in [2.45, 2.75) is 5.54 Å². The van der Waals surface area contributed by atoms with Crippen molar-refractivity contribution in [2.24, 2.45) is 19.8 Å². The number of halogens is 2. The van der Waals surface area contributed by atoms with Crippen LogP contribution in [-0.4, -0.2) is 9.13 Å². The van der Waals surface area contributed by atoms with Gasteiger partial charge in [-0.2, -0.15) is 0 Å². The van der Waals surface area contributed by atoms with Crippen LogP contribution in [0.4, 0.5) is 0 Å². The minimum Gasteiger partial charge on any atom is -0.352 e. The lowest BCUT2D eigenvalue weighted by Crippen LogP contribution is -2.41. The Kier molecular flexibility index (Phi) is 5.61. The Bertz CT molecular complexity index is 1580. The molecule has 1 unspecified atom stereocenters. The van der Waals surface area contributed by atoms with Crippen LogP contribution in [0.5, 0.6) is 0 Å². The molecule has 4 nitrogen and oxygen atoms in total. The second-order valence-electron chi connectivity index (χ2n) is 8.52. The molecule has 0 amide bonds. The Hall–Kier alpha value is -3.31. The number of nitrogens with zero attached hydrogens (tertiary/aromatic N) is 2. The number of fused-ring (bicyclic) bond motifs is 1. The molecule has 0 radical (unpaired) electrons. The first-order valence-electron chi connectivity index (χ1n) is 10.9. The van der Waals surface area contributed by atoms with E-state index in [1.807, 2.05) is 90.6 Å². The van der Waals surface area contributed by atoms with Crippen molar-refractivity contribution >= 4 is 34.1 Å². The van der Waals surface area contributed by atoms with Gasteiger partial charge in [0, 0.05) is 47.5 Å². The largest absolute Gasteiger partial charge is 0.352 e. The predicted octanol–water partition coefficient (Wildman–Crippen LogP) is 6.10. The summed E-state index contributed by atoms with van der Waals surface area (Å²) >= 11 is 12.5. The fourth-order valence-electron chi connectivity index (χ4n) is 4.65. The number of nitrogens with two attached hydrogens (primary N) is 1. The van der Waals surface area contributed by atoms with E-state index in [0.29, 0.717) is 10.0 Å². The Labute approximate surface area is 207 Å². The maximum Gasteiger partial charge on any atom is 0.251 e. The van der Waals surface area contributed by atoms with Crippen LogP contribution in [0.1, 0.15) is 16.8 Å². The lowest BCUT2D eigenvalue weighted by Gasteiger charge is -2.32. The topological polar surface area (TPSA) is 52.9 Å². The second kappa shape index (κ2) is 8.48. The highest BCUT2D eigenvalue weighted by Gasteiger charge is 2.34. The molecule has 0 saturated carbocycles. The van der Waals surface area contributed by atoms with Gasteiger partial charge >= 0.3 is 0 Å². The van der Waals surface area contributed by atoms with Crippen molar-refractivity contribution in [2.75, 3.05) is 0 Å². The first-order chi connectivity index (χ1) is 16.3. The van der Waals surface area contributed by atoms with Crippen LogP contribution in [0.15, 0.2) is 95.9 Å². The summed E-state index contributed by atoms with van der Waals surface area (Å²) in [5, 5.41) is 2.18. The van der Waals surface area contributed by atoms with Crippen molar-refractivity contribution < 1.29 is 0 Å². The third-order valence-corrected chi connectivity index (χ3v) is 6.97. The smallest absolute Gasteiger partial charge is 0.251 e. The standard InChI is InChI=1S/C28H23Cl2N3O/c1-32-14-4-7-26(32)28(31,19-8-11-21(29)12-9-19)20-10-13-25-24(16-20)23(17-27(34)33(25)2)18-5-3-6-22(30)15-18/h3-17H,31H2,1-2H3. The van der Waals surface area contributed by atoms with Crippen LogP contribution in [-0.2, 0) is 19.6 Å². The predicted molar refractivity (Wildman–Crippen MR) is 141 cm³/mol. The highest BCUT2D eigenvalue weighted by Crippen LogP contribution is 2.38. The minimum atomic E-state index is -0.947. The summed E-state index contributed by atoms with van der Waals surface area (Å²) in [6.45, 7) is 0. The summed E-state index contributed by atoms with van der Waals surface area (Å²) in [7, 11) is 3.76. The number of pyridine rings is 1. The minimum absolute atomic E-state index is 0.0885. The van der Waals surface area contributed by atoms with Gasteiger partial charge in [-0.15, -0.1) is 0 Å². The summed E-state index contributed by atoms with van der Waals surface area (Å²) < 4.78 is 3.67. The zero-order valence-corrected chi connectivity index (χ0v) is 20.3. The van der Waals surface area contributed by atoms with Crippen molar-refractivity contribution in [3.8, 4) is 11.1 Å². The average Bonchev–Trinajstić information content (AvgIpc) is 3.27. The van der Waals surface area contributed by atoms with Crippen molar-refractivity contribution in [3.63, 3.8) is 0 Å². The number of aryl methyl sites for hydroxylation is 2. The molecule has 0 fully saturated rings. The van der Waals surface area contributed by atoms with E-state index in [-0.39, 0.29) is 5.56 Å². The van der Waals surface area contributed by atoms with E-state index in [1.54, 1.807) is 17.7 Å². The molecule has 0 aliphatic rings. The maximum absolute atomic E-state index is 12.8. The van der Waals surface area contributed by atoms with E-state index in [0.717, 1.165) is 38.9 Å². The Morgan fingerprint density at radius 1 is 0.794 bits per heavy atom. The molecule has 2 N–H and O–H groups in total. The van der Waals surface area contributed by atoms with Crippen LogP contribution in [0, 0.1) is 0 Å². The summed E-state index contributed by atoms with van der Waals surface area (Å²) in [6.07, 6.45) is 1.98. The number of benzene rings is 3. The van der Waals surface area contributed by atoms with E-state index in [4.69, 9.17) is 28.9 Å². The quantitative estimate of drug-likeness (QED) is 0.332. The van der Waals surface area contributed by atoms with Gasteiger partial charge in [-0.3, -0.25) is 4.79 Å². The molecule has 5 aromatic rings. The molecule has 6 heteroatoms. The molecule has 3 aromatic carbocycles. The molecule has 34 heavy (non-hydrogen) atoms. The summed E-state index contributed by atoms with van der Waals surface area (Å²) in [5.74, 6) is 0. The lowest BCUT2D eigenvalue weighted by molar-refractivity contribution is 0.596. The first-order valence-corrected chi connectivity index (χ1v) is 11.6. The molecule has 1 atom stereocenters. The number of hydrogen-bond acceptors (Lipinski definition) is 2. The molecule has 2 heterocycles. The van der Waals surface area contributed by atoms with Crippen LogP contribution < -0.4 is 11.3 Å². The van der Waals surface area contributed by atoms with Crippen molar-refractivity contribution in [3.05, 3.63) is 128 Å². The van der Waals surface area contributed by atoms with E-state index in [9.17, 15) is 4.79 Å². The van der Waals surface area contributed by atoms with Gasteiger partial charge in [0.2, 0.25) is 0 Å².